The maximum atomic E-state index is 13.3. The van der Waals surface area contributed by atoms with E-state index < -0.39 is 0 Å². The zero-order valence-corrected chi connectivity index (χ0v) is 13.4. The summed E-state index contributed by atoms with van der Waals surface area (Å²) in [4.78, 5) is 15.5. The van der Waals surface area contributed by atoms with Crippen LogP contribution in [-0.2, 0) is 4.79 Å². The van der Waals surface area contributed by atoms with E-state index in [0.717, 1.165) is 45.2 Å². The van der Waals surface area contributed by atoms with Gasteiger partial charge in [-0.3, -0.25) is 4.79 Å². The number of amides is 1. The number of halogens is 1. The minimum atomic E-state index is -0.182. The van der Waals surface area contributed by atoms with E-state index in [2.05, 4.69) is 10.2 Å². The van der Waals surface area contributed by atoms with Crippen LogP contribution < -0.4 is 5.32 Å². The van der Waals surface area contributed by atoms with Crippen molar-refractivity contribution in [3.05, 3.63) is 0 Å². The maximum Gasteiger partial charge on any atom is 0.230 e. The first-order valence-corrected chi connectivity index (χ1v) is 8.42. The van der Waals surface area contributed by atoms with Gasteiger partial charge in [-0.15, -0.1) is 12.4 Å². The van der Waals surface area contributed by atoms with Crippen LogP contribution in [0, 0.1) is 11.3 Å². The average Bonchev–Trinajstić information content (AvgIpc) is 2.99. The quantitative estimate of drug-likeness (QED) is 0.774. The molecule has 0 aromatic rings. The fourth-order valence-corrected chi connectivity index (χ4v) is 5.41. The molecule has 0 aromatic carbocycles. The van der Waals surface area contributed by atoms with Crippen LogP contribution in [-0.4, -0.2) is 47.2 Å². The summed E-state index contributed by atoms with van der Waals surface area (Å²) in [6.45, 7) is 1.91. The number of carbonyl (C=O) groups excluding carboxylic acids is 1. The molecule has 4 nitrogen and oxygen atoms in total. The molecule has 1 amide bonds. The molecule has 4 rings (SSSR count). The van der Waals surface area contributed by atoms with Gasteiger partial charge in [0.05, 0.1) is 11.5 Å². The summed E-state index contributed by atoms with van der Waals surface area (Å²) < 4.78 is 0. The van der Waals surface area contributed by atoms with Crippen LogP contribution in [0.5, 0.6) is 0 Å². The fraction of sp³-hybridized carbons (Fsp3) is 0.938. The number of aliphatic hydroxyl groups excluding tert-OH is 1. The number of hydrogen-bond donors (Lipinski definition) is 2. The molecule has 2 unspecified atom stereocenters. The maximum absolute atomic E-state index is 13.3. The van der Waals surface area contributed by atoms with Gasteiger partial charge in [0.25, 0.3) is 0 Å². The van der Waals surface area contributed by atoms with Gasteiger partial charge >= 0.3 is 0 Å². The zero-order chi connectivity index (χ0) is 13.7. The molecule has 0 spiro atoms. The first kappa shape index (κ1) is 15.6. The van der Waals surface area contributed by atoms with E-state index in [1.165, 1.54) is 19.3 Å². The summed E-state index contributed by atoms with van der Waals surface area (Å²) in [7, 11) is 0. The van der Waals surface area contributed by atoms with Crippen molar-refractivity contribution in [1.82, 2.24) is 10.2 Å². The minimum Gasteiger partial charge on any atom is -0.393 e. The SMILES string of the molecule is Cl.O=C(N1C2CCC1CC(O)C2)[C@@]12CCCC[C@H]1CNC2. The molecule has 4 fully saturated rings. The molecule has 3 saturated heterocycles. The van der Waals surface area contributed by atoms with Crippen molar-refractivity contribution in [1.29, 1.82) is 0 Å². The molecule has 1 saturated carbocycles. The number of fused-ring (bicyclic) bond motifs is 3. The Morgan fingerprint density at radius 3 is 2.57 bits per heavy atom. The summed E-state index contributed by atoms with van der Waals surface area (Å²) in [6.07, 6.45) is 8.39. The number of nitrogens with zero attached hydrogens (tertiary/aromatic N) is 1. The van der Waals surface area contributed by atoms with Crippen molar-refractivity contribution in [3.63, 3.8) is 0 Å². The van der Waals surface area contributed by atoms with Crippen molar-refractivity contribution in [2.45, 2.75) is 69.6 Å². The Hall–Kier alpha value is -0.320. The number of piperidine rings is 1. The third kappa shape index (κ3) is 2.30. The molecule has 3 heterocycles. The molecule has 4 aliphatic rings. The highest BCUT2D eigenvalue weighted by molar-refractivity contribution is 5.85. The average molecular weight is 315 g/mol. The van der Waals surface area contributed by atoms with E-state index in [0.29, 0.717) is 23.9 Å². The second kappa shape index (κ2) is 5.71. The smallest absolute Gasteiger partial charge is 0.230 e. The molecule has 0 radical (unpaired) electrons. The van der Waals surface area contributed by atoms with Crippen LogP contribution in [0.4, 0.5) is 0 Å². The summed E-state index contributed by atoms with van der Waals surface area (Å²) in [5.74, 6) is 0.974. The third-order valence-corrected chi connectivity index (χ3v) is 6.41. The first-order valence-electron chi connectivity index (χ1n) is 8.42. The van der Waals surface area contributed by atoms with Crippen LogP contribution in [0.1, 0.15) is 51.4 Å². The van der Waals surface area contributed by atoms with Crippen LogP contribution in [0.3, 0.4) is 0 Å². The normalized spacial score (nSPS) is 45.1. The van der Waals surface area contributed by atoms with E-state index in [9.17, 15) is 9.90 Å². The monoisotopic (exact) mass is 314 g/mol. The molecular weight excluding hydrogens is 288 g/mol. The lowest BCUT2D eigenvalue weighted by Crippen LogP contribution is -2.56. The highest BCUT2D eigenvalue weighted by Gasteiger charge is 2.55. The molecule has 21 heavy (non-hydrogen) atoms. The van der Waals surface area contributed by atoms with E-state index >= 15 is 0 Å². The van der Waals surface area contributed by atoms with Crippen molar-refractivity contribution >= 4 is 18.3 Å². The van der Waals surface area contributed by atoms with Crippen LogP contribution in [0.2, 0.25) is 0 Å². The van der Waals surface area contributed by atoms with Crippen LogP contribution in [0.15, 0.2) is 0 Å². The van der Waals surface area contributed by atoms with Gasteiger partial charge < -0.3 is 15.3 Å². The highest BCUT2D eigenvalue weighted by atomic mass is 35.5. The van der Waals surface area contributed by atoms with Gasteiger partial charge in [-0.2, -0.15) is 0 Å². The molecule has 4 atom stereocenters. The van der Waals surface area contributed by atoms with Gasteiger partial charge in [0.1, 0.15) is 0 Å². The van der Waals surface area contributed by atoms with Gasteiger partial charge in [0, 0.05) is 18.6 Å². The van der Waals surface area contributed by atoms with E-state index in [4.69, 9.17) is 0 Å². The molecule has 3 aliphatic heterocycles. The summed E-state index contributed by atoms with van der Waals surface area (Å²) in [6, 6.07) is 0.627. The van der Waals surface area contributed by atoms with Gasteiger partial charge in [0.2, 0.25) is 5.91 Å². The van der Waals surface area contributed by atoms with Crippen molar-refractivity contribution in [3.8, 4) is 0 Å². The third-order valence-electron chi connectivity index (χ3n) is 6.41. The molecule has 120 valence electrons. The number of hydrogen-bond acceptors (Lipinski definition) is 3. The molecular formula is C16H27ClN2O2. The molecule has 2 bridgehead atoms. The Balaban J connectivity index is 0.00000132. The number of rotatable bonds is 1. The lowest BCUT2D eigenvalue weighted by Gasteiger charge is -2.45. The summed E-state index contributed by atoms with van der Waals surface area (Å²) in [5.41, 5.74) is -0.110. The van der Waals surface area contributed by atoms with E-state index in [-0.39, 0.29) is 23.9 Å². The van der Waals surface area contributed by atoms with E-state index in [1.54, 1.807) is 0 Å². The van der Waals surface area contributed by atoms with Gasteiger partial charge in [-0.25, -0.2) is 0 Å². The Morgan fingerprint density at radius 1 is 1.14 bits per heavy atom. The number of aliphatic hydroxyl groups is 1. The van der Waals surface area contributed by atoms with Crippen molar-refractivity contribution < 1.29 is 9.90 Å². The summed E-state index contributed by atoms with van der Waals surface area (Å²) >= 11 is 0. The fourth-order valence-electron chi connectivity index (χ4n) is 5.41. The van der Waals surface area contributed by atoms with Gasteiger partial charge in [-0.05, 0) is 51.0 Å². The van der Waals surface area contributed by atoms with Gasteiger partial charge in [0.15, 0.2) is 0 Å². The molecule has 5 heteroatoms. The lowest BCUT2D eigenvalue weighted by atomic mass is 9.67. The second-order valence-electron chi connectivity index (χ2n) is 7.45. The lowest BCUT2D eigenvalue weighted by molar-refractivity contribution is -0.152. The Bertz CT molecular complexity index is 405. The Labute approximate surface area is 133 Å². The van der Waals surface area contributed by atoms with Gasteiger partial charge in [-0.1, -0.05) is 12.8 Å². The minimum absolute atomic E-state index is 0. The van der Waals surface area contributed by atoms with Crippen LogP contribution >= 0.6 is 12.4 Å². The van der Waals surface area contributed by atoms with Crippen LogP contribution in [0.25, 0.3) is 0 Å². The Kier molecular flexibility index (Phi) is 4.23. The van der Waals surface area contributed by atoms with Crippen molar-refractivity contribution in [2.75, 3.05) is 13.1 Å². The Morgan fingerprint density at radius 2 is 1.86 bits per heavy atom. The predicted molar refractivity (Wildman–Crippen MR) is 83.4 cm³/mol. The van der Waals surface area contributed by atoms with E-state index in [1.807, 2.05) is 0 Å². The molecule has 0 aromatic heterocycles. The predicted octanol–water partition coefficient (Wildman–Crippen LogP) is 1.70. The topological polar surface area (TPSA) is 52.6 Å². The van der Waals surface area contributed by atoms with Crippen molar-refractivity contribution in [2.24, 2.45) is 11.3 Å². The zero-order valence-electron chi connectivity index (χ0n) is 12.6. The standard InChI is InChI=1S/C16H26N2O2.ClH/c19-14-7-12-4-5-13(8-14)18(12)15(20)16-6-2-1-3-11(16)9-17-10-16;/h11-14,17,19H,1-10H2;1H/t11-,12?,13?,14?,16+;/m0./s1. The number of nitrogens with one attached hydrogen (secondary N) is 1. The molecule has 1 aliphatic carbocycles. The summed E-state index contributed by atoms with van der Waals surface area (Å²) in [5, 5.41) is 13.4. The first-order chi connectivity index (χ1) is 9.71. The molecule has 2 N–H and O–H groups in total. The highest BCUT2D eigenvalue weighted by Crippen LogP contribution is 2.48. The number of carbonyl (C=O) groups is 1. The largest absolute Gasteiger partial charge is 0.393 e. The second-order valence-corrected chi connectivity index (χ2v) is 7.45.